The first-order valence-corrected chi connectivity index (χ1v) is 16.0. The number of aryl methyl sites for hydroxylation is 2. The van der Waals surface area contributed by atoms with Gasteiger partial charge in [-0.15, -0.1) is 0 Å². The van der Waals surface area contributed by atoms with Gasteiger partial charge in [-0.3, -0.25) is 9.78 Å². The van der Waals surface area contributed by atoms with Crippen LogP contribution in [0, 0.1) is 17.7 Å². The van der Waals surface area contributed by atoms with Crippen LogP contribution < -0.4 is 9.64 Å². The largest absolute Gasteiger partial charge is 0.478 e. The van der Waals surface area contributed by atoms with Gasteiger partial charge in [0.15, 0.2) is 11.6 Å². The van der Waals surface area contributed by atoms with Crippen molar-refractivity contribution in [3.63, 3.8) is 0 Å². The molecule has 1 N–H and O–H groups in total. The number of carbonyl (C=O) groups excluding carboxylic acids is 1. The number of pyridine rings is 2. The third-order valence-corrected chi connectivity index (χ3v) is 9.30. The summed E-state index contributed by atoms with van der Waals surface area (Å²) in [6.07, 6.45) is 3.82. The summed E-state index contributed by atoms with van der Waals surface area (Å²) in [6, 6.07) is 7.50. The highest BCUT2D eigenvalue weighted by atomic mass is 19.4. The fraction of sp³-hybridized carbons (Fsp3) is 0.486. The van der Waals surface area contributed by atoms with Crippen LogP contribution in [-0.2, 0) is 28.5 Å². The lowest BCUT2D eigenvalue weighted by Crippen LogP contribution is -2.47. The lowest BCUT2D eigenvalue weighted by molar-refractivity contribution is -0.139. The first kappa shape index (κ1) is 34.3. The number of methoxy groups -OCH3 is 1. The van der Waals surface area contributed by atoms with Crippen molar-refractivity contribution in [1.82, 2.24) is 9.97 Å². The maximum Gasteiger partial charge on any atom is 0.421 e. The molecule has 0 spiro atoms. The van der Waals surface area contributed by atoms with Crippen LogP contribution in [0.4, 0.5) is 23.2 Å². The molecule has 2 aromatic heterocycles. The number of carboxylic acid groups (broad SMARTS) is 1. The maximum absolute atomic E-state index is 15.8. The Kier molecular flexibility index (Phi) is 10.8. The van der Waals surface area contributed by atoms with Crippen molar-refractivity contribution < 1.29 is 41.7 Å². The quantitative estimate of drug-likeness (QED) is 0.220. The van der Waals surface area contributed by atoms with Crippen molar-refractivity contribution in [2.75, 3.05) is 12.0 Å². The summed E-state index contributed by atoms with van der Waals surface area (Å²) in [5, 5.41) is 10.2. The molecule has 0 aliphatic heterocycles. The van der Waals surface area contributed by atoms with E-state index in [0.717, 1.165) is 31.0 Å². The first-order valence-electron chi connectivity index (χ1n) is 16.0. The van der Waals surface area contributed by atoms with Crippen LogP contribution in [0.2, 0.25) is 0 Å². The van der Waals surface area contributed by atoms with Crippen LogP contribution in [0.1, 0.15) is 85.5 Å². The van der Waals surface area contributed by atoms with Crippen molar-refractivity contribution in [2.24, 2.45) is 11.8 Å². The summed E-state index contributed by atoms with van der Waals surface area (Å²) in [7, 11) is 1.61. The second-order valence-electron chi connectivity index (χ2n) is 12.6. The van der Waals surface area contributed by atoms with Gasteiger partial charge in [0.2, 0.25) is 11.8 Å². The minimum Gasteiger partial charge on any atom is -0.478 e. The van der Waals surface area contributed by atoms with Gasteiger partial charge in [0.25, 0.3) is 0 Å². The van der Waals surface area contributed by atoms with Gasteiger partial charge in [-0.05, 0) is 93.9 Å². The minimum atomic E-state index is -4.89. The zero-order valence-electron chi connectivity index (χ0n) is 26.4. The summed E-state index contributed by atoms with van der Waals surface area (Å²) in [5.41, 5.74) is -0.850. The van der Waals surface area contributed by atoms with Crippen LogP contribution in [0.15, 0.2) is 48.8 Å². The molecular formula is C35H39F4N3O5. The van der Waals surface area contributed by atoms with E-state index >= 15 is 4.39 Å². The average molecular weight is 658 g/mol. The molecule has 2 saturated carbocycles. The molecule has 0 radical (unpaired) electrons. The Labute approximate surface area is 271 Å². The summed E-state index contributed by atoms with van der Waals surface area (Å²) in [4.78, 5) is 36.1. The van der Waals surface area contributed by atoms with Gasteiger partial charge in [-0.2, -0.15) is 13.2 Å². The van der Waals surface area contributed by atoms with Gasteiger partial charge in [-0.25, -0.2) is 14.2 Å². The molecule has 0 atom stereocenters. The normalized spacial score (nSPS) is 21.7. The number of alkyl halides is 3. The monoisotopic (exact) mass is 657 g/mol. The first-order chi connectivity index (χ1) is 22.4. The SMILES string of the molecule is COC1CCC(N(c2cc(F)c(Oc3ncc(CCc4ccccn4)cc3C(F)(F)F)cc2C(=O)O)C(=O)[C@H]2CC[C@H](C)CC2)CC1. The van der Waals surface area contributed by atoms with E-state index in [2.05, 4.69) is 16.9 Å². The number of aromatic carboxylic acids is 1. The molecule has 1 amide bonds. The Hall–Kier alpha value is -4.06. The lowest BCUT2D eigenvalue weighted by Gasteiger charge is -2.40. The van der Waals surface area contributed by atoms with Gasteiger partial charge < -0.3 is 19.5 Å². The summed E-state index contributed by atoms with van der Waals surface area (Å²) in [6.45, 7) is 2.12. The number of carboxylic acids is 1. The van der Waals surface area contributed by atoms with Crippen LogP contribution in [0.5, 0.6) is 11.6 Å². The molecule has 1 aromatic carbocycles. The van der Waals surface area contributed by atoms with E-state index in [9.17, 15) is 27.9 Å². The number of halogens is 4. The number of rotatable bonds is 10. The third-order valence-electron chi connectivity index (χ3n) is 9.30. The fourth-order valence-corrected chi connectivity index (χ4v) is 6.57. The van der Waals surface area contributed by atoms with Gasteiger partial charge >= 0.3 is 12.1 Å². The molecule has 2 aliphatic carbocycles. The fourth-order valence-electron chi connectivity index (χ4n) is 6.57. The number of nitrogens with zero attached hydrogens (tertiary/aromatic N) is 3. The number of carbonyl (C=O) groups is 2. The second-order valence-corrected chi connectivity index (χ2v) is 12.6. The van der Waals surface area contributed by atoms with E-state index < -0.39 is 46.8 Å². The molecule has 2 heterocycles. The lowest BCUT2D eigenvalue weighted by atomic mass is 9.81. The highest BCUT2D eigenvalue weighted by molar-refractivity contribution is 6.03. The number of benzene rings is 1. The topological polar surface area (TPSA) is 102 Å². The predicted octanol–water partition coefficient (Wildman–Crippen LogP) is 8.03. The van der Waals surface area contributed by atoms with Gasteiger partial charge in [-0.1, -0.05) is 13.0 Å². The average Bonchev–Trinajstić information content (AvgIpc) is 3.06. The number of hydrogen-bond acceptors (Lipinski definition) is 6. The Balaban J connectivity index is 1.47. The Morgan fingerprint density at radius 2 is 1.70 bits per heavy atom. The van der Waals surface area contributed by atoms with E-state index in [1.165, 1.54) is 11.1 Å². The van der Waals surface area contributed by atoms with Crippen LogP contribution in [0.25, 0.3) is 0 Å². The molecular weight excluding hydrogens is 618 g/mol. The smallest absolute Gasteiger partial charge is 0.421 e. The van der Waals surface area contributed by atoms with Crippen molar-refractivity contribution >= 4 is 17.6 Å². The van der Waals surface area contributed by atoms with E-state index in [1.54, 1.807) is 31.5 Å². The minimum absolute atomic E-state index is 0.00177. The number of aromatic nitrogens is 2. The molecule has 0 saturated heterocycles. The van der Waals surface area contributed by atoms with Crippen LogP contribution >= 0.6 is 0 Å². The maximum atomic E-state index is 15.8. The molecule has 5 rings (SSSR count). The van der Waals surface area contributed by atoms with E-state index in [4.69, 9.17) is 9.47 Å². The zero-order chi connectivity index (χ0) is 33.7. The number of amides is 1. The van der Waals surface area contributed by atoms with Crippen molar-refractivity contribution in [1.29, 1.82) is 0 Å². The molecule has 8 nitrogen and oxygen atoms in total. The molecule has 12 heteroatoms. The summed E-state index contributed by atoms with van der Waals surface area (Å²) in [5.74, 6) is -4.38. The molecule has 252 valence electrons. The number of hydrogen-bond donors (Lipinski definition) is 1. The Morgan fingerprint density at radius 3 is 2.32 bits per heavy atom. The van der Waals surface area contributed by atoms with Crippen LogP contribution in [-0.4, -0.2) is 46.2 Å². The third kappa shape index (κ3) is 8.27. The molecule has 3 aromatic rings. The predicted molar refractivity (Wildman–Crippen MR) is 166 cm³/mol. The molecule has 2 aliphatic rings. The van der Waals surface area contributed by atoms with Gasteiger partial charge in [0, 0.05) is 49.3 Å². The highest BCUT2D eigenvalue weighted by Crippen LogP contribution is 2.41. The number of anilines is 1. The number of ether oxygens (including phenoxy) is 2. The highest BCUT2D eigenvalue weighted by Gasteiger charge is 2.39. The molecule has 2 fully saturated rings. The molecule has 47 heavy (non-hydrogen) atoms. The van der Waals surface area contributed by atoms with Gasteiger partial charge in [0.1, 0.15) is 5.56 Å². The Bertz CT molecular complexity index is 1550. The summed E-state index contributed by atoms with van der Waals surface area (Å²) >= 11 is 0. The van der Waals surface area contributed by atoms with E-state index in [-0.39, 0.29) is 35.6 Å². The second kappa shape index (κ2) is 14.8. The van der Waals surface area contributed by atoms with Crippen molar-refractivity contribution in [3.05, 3.63) is 77.0 Å². The standard InChI is InChI=1S/C35H39F4N3O5/c1-21-6-9-23(10-7-21)33(43)42(25-12-14-26(46-2)15-13-25)30-19-29(36)31(18-27(30)34(44)45)47-32-28(35(37,38)39)17-22(20-41-32)8-11-24-5-3-4-16-40-24/h3-5,16-21,23,25-26H,6-15H2,1-2H3,(H,44,45)/t21-,23-,25?,26?. The van der Waals surface area contributed by atoms with E-state index in [0.29, 0.717) is 56.6 Å². The van der Waals surface area contributed by atoms with Gasteiger partial charge in [0.05, 0.1) is 17.4 Å². The van der Waals surface area contributed by atoms with E-state index in [1.807, 2.05) is 0 Å². The van der Waals surface area contributed by atoms with Crippen molar-refractivity contribution in [2.45, 2.75) is 89.5 Å². The molecule has 0 bridgehead atoms. The van der Waals surface area contributed by atoms with Crippen molar-refractivity contribution in [3.8, 4) is 11.6 Å². The summed E-state index contributed by atoms with van der Waals surface area (Å²) < 4.78 is 69.1. The van der Waals surface area contributed by atoms with Crippen LogP contribution in [0.3, 0.4) is 0 Å². The zero-order valence-corrected chi connectivity index (χ0v) is 26.4. The Morgan fingerprint density at radius 1 is 0.979 bits per heavy atom. The molecule has 0 unspecified atom stereocenters.